The molecule has 1 saturated heterocycles. The molecule has 4 heterocycles. The Labute approximate surface area is 171 Å². The number of nitrogens with zero attached hydrogens (tertiary/aromatic N) is 2. The average molecular weight is 409 g/mol. The van der Waals surface area contributed by atoms with E-state index in [4.69, 9.17) is 0 Å². The van der Waals surface area contributed by atoms with Gasteiger partial charge < -0.3 is 9.88 Å². The molecule has 0 unspecified atom stereocenters. The van der Waals surface area contributed by atoms with Gasteiger partial charge in [-0.2, -0.15) is 5.10 Å². The lowest BCUT2D eigenvalue weighted by atomic mass is 9.76. The van der Waals surface area contributed by atoms with Gasteiger partial charge in [-0.15, -0.1) is 0 Å². The van der Waals surface area contributed by atoms with Crippen molar-refractivity contribution in [2.24, 2.45) is 0 Å². The number of rotatable bonds is 1. The van der Waals surface area contributed by atoms with Gasteiger partial charge >= 0.3 is 0 Å². The Morgan fingerprint density at radius 1 is 1.21 bits per heavy atom. The molecular formula is C22H24N4O2S. The molecule has 0 saturated carbocycles. The first-order valence-electron chi connectivity index (χ1n) is 10.5. The van der Waals surface area contributed by atoms with E-state index in [-0.39, 0.29) is 5.91 Å². The van der Waals surface area contributed by atoms with E-state index < -0.39 is 16.2 Å². The number of amides is 1. The summed E-state index contributed by atoms with van der Waals surface area (Å²) < 4.78 is 12.0. The summed E-state index contributed by atoms with van der Waals surface area (Å²) in [5, 5.41) is 8.65. The summed E-state index contributed by atoms with van der Waals surface area (Å²) in [6, 6.07) is 4.43. The predicted octanol–water partition coefficient (Wildman–Crippen LogP) is 3.19. The molecule has 1 amide bonds. The number of nitrogens with one attached hydrogen (secondary N) is 2. The van der Waals surface area contributed by atoms with Crippen LogP contribution in [0.4, 0.5) is 5.69 Å². The van der Waals surface area contributed by atoms with Gasteiger partial charge in [0.25, 0.3) is 0 Å². The lowest BCUT2D eigenvalue weighted by Crippen LogP contribution is -2.44. The normalized spacial score (nSPS) is 25.9. The third-order valence-corrected chi connectivity index (χ3v) is 8.47. The van der Waals surface area contributed by atoms with Crippen molar-refractivity contribution in [1.29, 1.82) is 0 Å². The Hall–Kier alpha value is -2.41. The van der Waals surface area contributed by atoms with Crippen LogP contribution in [0, 0.1) is 0 Å². The maximum atomic E-state index is 13.5. The number of fused-ring (bicyclic) bond motifs is 7. The average Bonchev–Trinajstić information content (AvgIpc) is 3.35. The van der Waals surface area contributed by atoms with Gasteiger partial charge in [0, 0.05) is 45.4 Å². The molecule has 6 nitrogen and oxygen atoms in total. The summed E-state index contributed by atoms with van der Waals surface area (Å²) in [5.41, 5.74) is 7.58. The number of aryl methyl sites for hydroxylation is 2. The fraction of sp³-hybridized carbons (Fsp3) is 0.455. The maximum Gasteiger partial charge on any atom is 0.237 e. The minimum Gasteiger partial charge on any atom is -0.353 e. The molecule has 2 aliphatic heterocycles. The van der Waals surface area contributed by atoms with Crippen LogP contribution in [-0.4, -0.2) is 43.3 Å². The number of hydrogen-bond donors (Lipinski definition) is 2. The summed E-state index contributed by atoms with van der Waals surface area (Å²) in [5.74, 6) is 1.42. The van der Waals surface area contributed by atoms with Gasteiger partial charge in [0.15, 0.2) is 0 Å². The van der Waals surface area contributed by atoms with Gasteiger partial charge in [-0.25, -0.2) is 0 Å². The predicted molar refractivity (Wildman–Crippen MR) is 115 cm³/mol. The first-order valence-corrected chi connectivity index (χ1v) is 12.0. The topological polar surface area (TPSA) is 81.8 Å². The number of carbonyl (C=O) groups excluding carboxylic acids is 1. The second-order valence-electron chi connectivity index (χ2n) is 8.50. The van der Waals surface area contributed by atoms with Crippen LogP contribution in [0.1, 0.15) is 42.9 Å². The van der Waals surface area contributed by atoms with Crippen LogP contribution in [0.15, 0.2) is 18.3 Å². The van der Waals surface area contributed by atoms with Crippen LogP contribution in [0.3, 0.4) is 0 Å². The molecule has 1 spiro atoms. The molecule has 7 heteroatoms. The second kappa shape index (κ2) is 6.05. The van der Waals surface area contributed by atoms with E-state index in [1.54, 1.807) is 0 Å². The molecule has 3 aliphatic rings. The highest BCUT2D eigenvalue weighted by atomic mass is 32.2. The minimum absolute atomic E-state index is 0.196. The quantitative estimate of drug-likeness (QED) is 0.649. The van der Waals surface area contributed by atoms with Gasteiger partial charge in [-0.1, -0.05) is 0 Å². The van der Waals surface area contributed by atoms with Gasteiger partial charge in [-0.3, -0.25) is 14.1 Å². The summed E-state index contributed by atoms with van der Waals surface area (Å²) in [6.07, 6.45) is 6.43. The van der Waals surface area contributed by atoms with E-state index in [9.17, 15) is 9.00 Å². The van der Waals surface area contributed by atoms with Crippen LogP contribution < -0.4 is 4.90 Å². The molecule has 1 aliphatic carbocycles. The van der Waals surface area contributed by atoms with Crippen molar-refractivity contribution in [3.8, 4) is 11.4 Å². The third kappa shape index (κ3) is 2.25. The Bertz CT molecular complexity index is 1180. The zero-order valence-corrected chi connectivity index (χ0v) is 17.3. The SMILES string of the molecule is CCN1C(=O)C2(CCS(=O)CC2)c2cc3[nH]c4c(c3cc21)CCCc1cn[nH]c1-4. The monoisotopic (exact) mass is 408 g/mol. The second-order valence-corrected chi connectivity index (χ2v) is 10.2. The summed E-state index contributed by atoms with van der Waals surface area (Å²) in [4.78, 5) is 19.0. The molecule has 2 aromatic heterocycles. The summed E-state index contributed by atoms with van der Waals surface area (Å²) >= 11 is 0. The van der Waals surface area contributed by atoms with Crippen molar-refractivity contribution < 1.29 is 9.00 Å². The number of carbonyl (C=O) groups is 1. The van der Waals surface area contributed by atoms with Crippen molar-refractivity contribution in [2.45, 2.75) is 44.4 Å². The molecule has 2 N–H and O–H groups in total. The molecule has 1 aromatic carbocycles. The molecule has 6 rings (SSSR count). The Balaban J connectivity index is 1.59. The van der Waals surface area contributed by atoms with E-state index in [0.29, 0.717) is 30.9 Å². The first kappa shape index (κ1) is 17.4. The molecule has 150 valence electrons. The molecular weight excluding hydrogens is 384 g/mol. The van der Waals surface area contributed by atoms with Crippen LogP contribution in [0.25, 0.3) is 22.3 Å². The summed E-state index contributed by atoms with van der Waals surface area (Å²) in [7, 11) is -0.800. The molecule has 0 radical (unpaired) electrons. The van der Waals surface area contributed by atoms with Crippen LogP contribution >= 0.6 is 0 Å². The number of aromatic nitrogens is 3. The lowest BCUT2D eigenvalue weighted by Gasteiger charge is -2.32. The Morgan fingerprint density at radius 2 is 2.03 bits per heavy atom. The third-order valence-electron chi connectivity index (χ3n) is 7.15. The zero-order valence-electron chi connectivity index (χ0n) is 16.5. The van der Waals surface area contributed by atoms with E-state index >= 15 is 0 Å². The van der Waals surface area contributed by atoms with E-state index in [0.717, 1.165) is 47.4 Å². The zero-order chi connectivity index (χ0) is 19.8. The summed E-state index contributed by atoms with van der Waals surface area (Å²) in [6.45, 7) is 2.71. The van der Waals surface area contributed by atoms with Crippen molar-refractivity contribution in [2.75, 3.05) is 23.0 Å². The van der Waals surface area contributed by atoms with Crippen LogP contribution in [0.5, 0.6) is 0 Å². The highest BCUT2D eigenvalue weighted by Gasteiger charge is 2.51. The fourth-order valence-electron chi connectivity index (χ4n) is 5.62. The Morgan fingerprint density at radius 3 is 2.83 bits per heavy atom. The van der Waals surface area contributed by atoms with E-state index in [1.807, 2.05) is 18.0 Å². The standard InChI is InChI=1S/C22H24N4O2S/c1-2-26-18-10-15-14-5-3-4-13-12-23-25-19(13)20(14)24-17(15)11-16(18)22(21(26)27)6-8-29(28)9-7-22/h10-12,24H,2-9H2,1H3,(H,23,25). The fourth-order valence-corrected chi connectivity index (χ4v) is 6.98. The first-order chi connectivity index (χ1) is 14.1. The number of benzene rings is 1. The number of likely N-dealkylation sites (N-methyl/N-ethyl adjacent to an activating group) is 1. The van der Waals surface area contributed by atoms with Gasteiger partial charge in [0.1, 0.15) is 0 Å². The minimum atomic E-state index is -0.800. The highest BCUT2D eigenvalue weighted by molar-refractivity contribution is 7.85. The number of aromatic amines is 2. The molecule has 3 aromatic rings. The lowest BCUT2D eigenvalue weighted by molar-refractivity contribution is -0.123. The van der Waals surface area contributed by atoms with Crippen molar-refractivity contribution >= 4 is 33.3 Å². The molecule has 0 bridgehead atoms. The maximum absolute atomic E-state index is 13.5. The van der Waals surface area contributed by atoms with Crippen molar-refractivity contribution in [3.63, 3.8) is 0 Å². The van der Waals surface area contributed by atoms with Crippen LogP contribution in [0.2, 0.25) is 0 Å². The van der Waals surface area contributed by atoms with E-state index in [2.05, 4.69) is 27.3 Å². The largest absolute Gasteiger partial charge is 0.353 e. The molecule has 29 heavy (non-hydrogen) atoms. The van der Waals surface area contributed by atoms with Crippen molar-refractivity contribution in [3.05, 3.63) is 35.0 Å². The van der Waals surface area contributed by atoms with Crippen molar-refractivity contribution in [1.82, 2.24) is 15.2 Å². The van der Waals surface area contributed by atoms with Gasteiger partial charge in [0.2, 0.25) is 5.91 Å². The number of hydrogen-bond acceptors (Lipinski definition) is 3. The number of anilines is 1. The smallest absolute Gasteiger partial charge is 0.237 e. The van der Waals surface area contributed by atoms with Gasteiger partial charge in [-0.05, 0) is 67.9 Å². The van der Waals surface area contributed by atoms with Crippen LogP contribution in [-0.2, 0) is 33.9 Å². The molecule has 1 fully saturated rings. The Kier molecular flexibility index (Phi) is 3.64. The van der Waals surface area contributed by atoms with E-state index in [1.165, 1.54) is 16.5 Å². The van der Waals surface area contributed by atoms with Gasteiger partial charge in [0.05, 0.1) is 23.0 Å². The molecule has 0 atom stereocenters. The number of H-pyrrole nitrogens is 2. The highest BCUT2D eigenvalue weighted by Crippen LogP contribution is 2.50.